The predicted molar refractivity (Wildman–Crippen MR) is 98.3 cm³/mol. The Morgan fingerprint density at radius 3 is 2.74 bits per heavy atom. The molecule has 1 aliphatic carbocycles. The number of carbonyl (C=O) groups is 1. The molecule has 1 fully saturated rings. The highest BCUT2D eigenvalue weighted by atomic mass is 32.2. The van der Waals surface area contributed by atoms with Crippen LogP contribution in [0.3, 0.4) is 0 Å². The van der Waals surface area contributed by atoms with Crippen molar-refractivity contribution in [2.24, 2.45) is 0 Å². The summed E-state index contributed by atoms with van der Waals surface area (Å²) in [5.74, 6) is 1.12. The molecule has 0 radical (unpaired) electrons. The fourth-order valence-electron chi connectivity index (χ4n) is 3.20. The van der Waals surface area contributed by atoms with Crippen molar-refractivity contribution in [1.82, 2.24) is 5.32 Å². The van der Waals surface area contributed by atoms with Gasteiger partial charge in [-0.15, -0.1) is 0 Å². The minimum Gasteiger partial charge on any atom is -0.497 e. The number of thioether (sulfide) groups is 1. The van der Waals surface area contributed by atoms with Crippen LogP contribution in [0.1, 0.15) is 50.5 Å². The normalized spacial score (nSPS) is 21.0. The van der Waals surface area contributed by atoms with E-state index in [4.69, 9.17) is 4.74 Å². The van der Waals surface area contributed by atoms with E-state index in [1.54, 1.807) is 7.11 Å². The van der Waals surface area contributed by atoms with Gasteiger partial charge in [0.2, 0.25) is 5.91 Å². The van der Waals surface area contributed by atoms with Gasteiger partial charge in [-0.1, -0.05) is 18.6 Å². The Bertz CT molecular complexity index is 475. The molecule has 23 heavy (non-hydrogen) atoms. The Balaban J connectivity index is 1.60. The first kappa shape index (κ1) is 18.2. The van der Waals surface area contributed by atoms with Gasteiger partial charge in [-0.3, -0.25) is 4.79 Å². The van der Waals surface area contributed by atoms with Crippen LogP contribution in [0.25, 0.3) is 0 Å². The van der Waals surface area contributed by atoms with Gasteiger partial charge in [-0.2, -0.15) is 11.8 Å². The Labute approximate surface area is 144 Å². The Hall–Kier alpha value is -1.16. The molecule has 0 saturated heterocycles. The van der Waals surface area contributed by atoms with E-state index in [0.29, 0.717) is 12.5 Å². The molecule has 0 heterocycles. The lowest BCUT2D eigenvalue weighted by molar-refractivity contribution is -0.122. The average Bonchev–Trinajstić information content (AvgIpc) is 2.59. The molecule has 4 heteroatoms. The van der Waals surface area contributed by atoms with Crippen LogP contribution in [-0.4, -0.2) is 30.6 Å². The van der Waals surface area contributed by atoms with Crippen LogP contribution in [0.15, 0.2) is 24.3 Å². The van der Waals surface area contributed by atoms with E-state index >= 15 is 0 Å². The smallest absolute Gasteiger partial charge is 0.220 e. The number of rotatable bonds is 8. The van der Waals surface area contributed by atoms with Gasteiger partial charge in [0.05, 0.1) is 7.11 Å². The molecule has 128 valence electrons. The fraction of sp³-hybridized carbons (Fsp3) is 0.632. The number of aryl methyl sites for hydroxylation is 1. The number of nitrogens with one attached hydrogen (secondary N) is 1. The summed E-state index contributed by atoms with van der Waals surface area (Å²) in [6, 6.07) is 8.59. The van der Waals surface area contributed by atoms with Crippen LogP contribution in [0.5, 0.6) is 5.75 Å². The van der Waals surface area contributed by atoms with Crippen molar-refractivity contribution >= 4 is 17.7 Å². The first-order chi connectivity index (χ1) is 11.2. The number of hydrogen-bond acceptors (Lipinski definition) is 3. The van der Waals surface area contributed by atoms with E-state index in [2.05, 4.69) is 23.7 Å². The highest BCUT2D eigenvalue weighted by molar-refractivity contribution is 7.99. The van der Waals surface area contributed by atoms with Gasteiger partial charge in [0.15, 0.2) is 0 Å². The van der Waals surface area contributed by atoms with Crippen molar-refractivity contribution < 1.29 is 9.53 Å². The number of benzene rings is 1. The highest BCUT2D eigenvalue weighted by Crippen LogP contribution is 2.26. The number of unbranched alkanes of at least 4 members (excludes halogenated alkanes) is 1. The molecule has 2 rings (SSSR count). The summed E-state index contributed by atoms with van der Waals surface area (Å²) in [4.78, 5) is 12.1. The van der Waals surface area contributed by atoms with Crippen LogP contribution in [0.4, 0.5) is 0 Å². The molecule has 3 nitrogen and oxygen atoms in total. The molecule has 1 aliphatic rings. The number of methoxy groups -OCH3 is 1. The minimum atomic E-state index is 0.228. The number of ether oxygens (including phenoxy) is 1. The van der Waals surface area contributed by atoms with Gasteiger partial charge in [-0.25, -0.2) is 0 Å². The van der Waals surface area contributed by atoms with Gasteiger partial charge >= 0.3 is 0 Å². The summed E-state index contributed by atoms with van der Waals surface area (Å²) in [5, 5.41) is 3.95. The zero-order valence-corrected chi connectivity index (χ0v) is 15.2. The molecule has 1 aromatic carbocycles. The summed E-state index contributed by atoms with van der Waals surface area (Å²) < 4.78 is 5.16. The molecule has 0 aliphatic heterocycles. The largest absolute Gasteiger partial charge is 0.497 e. The van der Waals surface area contributed by atoms with Gasteiger partial charge in [0.1, 0.15) is 5.75 Å². The Morgan fingerprint density at radius 2 is 2.04 bits per heavy atom. The Kier molecular flexibility index (Phi) is 7.80. The van der Waals surface area contributed by atoms with Crippen molar-refractivity contribution in [2.45, 2.75) is 62.7 Å². The van der Waals surface area contributed by atoms with E-state index in [9.17, 15) is 4.79 Å². The molecule has 1 saturated carbocycles. The third kappa shape index (κ3) is 6.46. The summed E-state index contributed by atoms with van der Waals surface area (Å²) in [7, 11) is 1.68. The van der Waals surface area contributed by atoms with Crippen molar-refractivity contribution in [3.05, 3.63) is 29.8 Å². The molecule has 1 amide bonds. The molecule has 1 aromatic rings. The quantitative estimate of drug-likeness (QED) is 0.724. The second-order valence-electron chi connectivity index (χ2n) is 6.34. The van der Waals surface area contributed by atoms with E-state index in [1.165, 1.54) is 18.4 Å². The van der Waals surface area contributed by atoms with Crippen molar-refractivity contribution in [3.8, 4) is 5.75 Å². The topological polar surface area (TPSA) is 38.3 Å². The minimum absolute atomic E-state index is 0.228. The number of carbonyl (C=O) groups excluding carboxylic acids is 1. The first-order valence-corrected chi connectivity index (χ1v) is 9.95. The molecule has 2 atom stereocenters. The predicted octanol–water partition coefficient (Wildman–Crippen LogP) is 4.20. The average molecular weight is 336 g/mol. The summed E-state index contributed by atoms with van der Waals surface area (Å²) in [6.45, 7) is 0. The number of amides is 1. The second kappa shape index (κ2) is 9.86. The van der Waals surface area contributed by atoms with Crippen molar-refractivity contribution in [1.29, 1.82) is 0 Å². The molecule has 0 spiro atoms. The van der Waals surface area contributed by atoms with Crippen molar-refractivity contribution in [2.75, 3.05) is 13.4 Å². The van der Waals surface area contributed by atoms with Gasteiger partial charge < -0.3 is 10.1 Å². The van der Waals surface area contributed by atoms with Crippen LogP contribution in [0.2, 0.25) is 0 Å². The lowest BCUT2D eigenvalue weighted by atomic mass is 9.95. The van der Waals surface area contributed by atoms with Crippen LogP contribution >= 0.6 is 11.8 Å². The van der Waals surface area contributed by atoms with Crippen molar-refractivity contribution in [3.63, 3.8) is 0 Å². The maximum Gasteiger partial charge on any atom is 0.220 e. The van der Waals surface area contributed by atoms with E-state index in [0.717, 1.165) is 43.1 Å². The third-order valence-electron chi connectivity index (χ3n) is 4.60. The van der Waals surface area contributed by atoms with Crippen LogP contribution in [-0.2, 0) is 11.2 Å². The Morgan fingerprint density at radius 1 is 1.26 bits per heavy atom. The third-order valence-corrected chi connectivity index (χ3v) is 5.70. The van der Waals surface area contributed by atoms with Crippen LogP contribution < -0.4 is 10.1 Å². The lowest BCUT2D eigenvalue weighted by Gasteiger charge is -2.28. The second-order valence-corrected chi connectivity index (χ2v) is 7.48. The maximum absolute atomic E-state index is 12.1. The lowest BCUT2D eigenvalue weighted by Crippen LogP contribution is -2.38. The molecule has 1 N–H and O–H groups in total. The number of hydrogen-bond donors (Lipinski definition) is 1. The van der Waals surface area contributed by atoms with Gasteiger partial charge in [0, 0.05) is 17.7 Å². The maximum atomic E-state index is 12.1. The fourth-order valence-corrected chi connectivity index (χ4v) is 4.02. The zero-order chi connectivity index (χ0) is 16.5. The molecule has 2 unspecified atom stereocenters. The van der Waals surface area contributed by atoms with Crippen LogP contribution in [0, 0.1) is 0 Å². The molecular weight excluding hydrogens is 306 g/mol. The molecule has 0 bridgehead atoms. The first-order valence-electron chi connectivity index (χ1n) is 8.66. The SMILES string of the molecule is COc1ccc(CCCCC(=O)NC2CCCC(SC)C2)cc1. The summed E-state index contributed by atoms with van der Waals surface area (Å²) >= 11 is 1.94. The summed E-state index contributed by atoms with van der Waals surface area (Å²) in [5.41, 5.74) is 1.31. The monoisotopic (exact) mass is 335 g/mol. The van der Waals surface area contributed by atoms with E-state index in [1.807, 2.05) is 23.9 Å². The summed E-state index contributed by atoms with van der Waals surface area (Å²) in [6.07, 6.45) is 10.7. The standard InChI is InChI=1S/C19H29NO2S/c1-22-17-12-10-15(11-13-17)6-3-4-9-19(21)20-16-7-5-8-18(14-16)23-2/h10-13,16,18H,3-9,14H2,1-2H3,(H,20,21). The van der Waals surface area contributed by atoms with Gasteiger partial charge in [-0.05, 0) is 62.5 Å². The zero-order valence-electron chi connectivity index (χ0n) is 14.3. The highest BCUT2D eigenvalue weighted by Gasteiger charge is 2.22. The van der Waals surface area contributed by atoms with E-state index < -0.39 is 0 Å². The molecular formula is C19H29NO2S. The van der Waals surface area contributed by atoms with E-state index in [-0.39, 0.29) is 5.91 Å². The molecule has 0 aromatic heterocycles. The van der Waals surface area contributed by atoms with Gasteiger partial charge in [0.25, 0.3) is 0 Å².